The Morgan fingerprint density at radius 2 is 1.74 bits per heavy atom. The number of hydrogen-bond donors (Lipinski definition) is 1. The molecule has 1 atom stereocenters. The standard InChI is InChI=1S/C17H12Cl2N2O2/c18-12-7-5-11(6-8-12)9-16(22)13(10-20)17(23)21-15-4-2-1-3-14(15)19/h1-8,13H,9H2,(H,21,23)/t13-/m1/s1. The molecule has 0 bridgehead atoms. The Kier molecular flexibility index (Phi) is 5.75. The molecule has 2 rings (SSSR count). The van der Waals surface area contributed by atoms with E-state index in [0.717, 1.165) is 0 Å². The molecule has 2 aromatic carbocycles. The molecule has 2 aromatic rings. The molecule has 4 nitrogen and oxygen atoms in total. The fourth-order valence-electron chi connectivity index (χ4n) is 1.95. The minimum atomic E-state index is -1.40. The van der Waals surface area contributed by atoms with Gasteiger partial charge in [-0.05, 0) is 29.8 Å². The van der Waals surface area contributed by atoms with E-state index in [-0.39, 0.29) is 6.42 Å². The van der Waals surface area contributed by atoms with Gasteiger partial charge < -0.3 is 5.32 Å². The number of nitrogens with one attached hydrogen (secondary N) is 1. The van der Waals surface area contributed by atoms with E-state index in [9.17, 15) is 9.59 Å². The SMILES string of the molecule is N#C[C@H](C(=O)Cc1ccc(Cl)cc1)C(=O)Nc1ccccc1Cl. The summed E-state index contributed by atoms with van der Waals surface area (Å²) < 4.78 is 0. The highest BCUT2D eigenvalue weighted by atomic mass is 35.5. The maximum atomic E-state index is 12.2. The van der Waals surface area contributed by atoms with Crippen LogP contribution in [0.25, 0.3) is 0 Å². The molecule has 0 spiro atoms. The number of amides is 1. The highest BCUT2D eigenvalue weighted by molar-refractivity contribution is 6.33. The molecule has 0 saturated heterocycles. The molecule has 23 heavy (non-hydrogen) atoms. The fraction of sp³-hybridized carbons (Fsp3) is 0.118. The summed E-state index contributed by atoms with van der Waals surface area (Å²) in [6.07, 6.45) is -0.0225. The Balaban J connectivity index is 2.08. The van der Waals surface area contributed by atoms with E-state index in [4.69, 9.17) is 28.5 Å². The van der Waals surface area contributed by atoms with Crippen molar-refractivity contribution in [3.8, 4) is 6.07 Å². The minimum Gasteiger partial charge on any atom is -0.323 e. The third-order valence-corrected chi connectivity index (χ3v) is 3.72. The lowest BCUT2D eigenvalue weighted by Crippen LogP contribution is -2.29. The van der Waals surface area contributed by atoms with Crippen LogP contribution in [-0.2, 0) is 16.0 Å². The number of carbonyl (C=O) groups is 2. The average Bonchev–Trinajstić information content (AvgIpc) is 2.52. The maximum Gasteiger partial charge on any atom is 0.249 e. The molecule has 0 radical (unpaired) electrons. The van der Waals surface area contributed by atoms with Crippen molar-refractivity contribution < 1.29 is 9.59 Å². The summed E-state index contributed by atoms with van der Waals surface area (Å²) in [6, 6.07) is 15.0. The second-order valence-electron chi connectivity index (χ2n) is 4.80. The van der Waals surface area contributed by atoms with Crippen molar-refractivity contribution in [1.29, 1.82) is 5.26 Å². The first kappa shape index (κ1) is 17.0. The first-order valence-corrected chi connectivity index (χ1v) is 7.49. The van der Waals surface area contributed by atoms with E-state index in [1.54, 1.807) is 54.6 Å². The minimum absolute atomic E-state index is 0.0225. The molecule has 116 valence electrons. The van der Waals surface area contributed by atoms with Crippen LogP contribution in [0.3, 0.4) is 0 Å². The summed E-state index contributed by atoms with van der Waals surface area (Å²) in [5, 5.41) is 12.5. The van der Waals surface area contributed by atoms with Crippen molar-refractivity contribution in [1.82, 2.24) is 0 Å². The Bertz CT molecular complexity index is 767. The summed E-state index contributed by atoms with van der Waals surface area (Å²) in [7, 11) is 0. The number of rotatable bonds is 5. The van der Waals surface area contributed by atoms with Gasteiger partial charge in [-0.15, -0.1) is 0 Å². The van der Waals surface area contributed by atoms with Crippen molar-refractivity contribution in [2.45, 2.75) is 6.42 Å². The van der Waals surface area contributed by atoms with E-state index >= 15 is 0 Å². The lowest BCUT2D eigenvalue weighted by Gasteiger charge is -2.10. The Morgan fingerprint density at radius 1 is 1.09 bits per heavy atom. The van der Waals surface area contributed by atoms with Crippen molar-refractivity contribution in [2.24, 2.45) is 5.92 Å². The van der Waals surface area contributed by atoms with Crippen LogP contribution in [0.2, 0.25) is 10.0 Å². The molecule has 0 heterocycles. The molecule has 0 aliphatic rings. The van der Waals surface area contributed by atoms with Crippen LogP contribution in [0.15, 0.2) is 48.5 Å². The topological polar surface area (TPSA) is 70.0 Å². The highest BCUT2D eigenvalue weighted by Crippen LogP contribution is 2.21. The number of benzene rings is 2. The van der Waals surface area contributed by atoms with Crippen molar-refractivity contribution in [2.75, 3.05) is 5.32 Å². The zero-order valence-electron chi connectivity index (χ0n) is 11.9. The second kappa shape index (κ2) is 7.77. The van der Waals surface area contributed by atoms with Crippen LogP contribution in [0.5, 0.6) is 0 Å². The smallest absolute Gasteiger partial charge is 0.249 e. The predicted molar refractivity (Wildman–Crippen MR) is 89.3 cm³/mol. The monoisotopic (exact) mass is 346 g/mol. The van der Waals surface area contributed by atoms with E-state index in [0.29, 0.717) is 21.3 Å². The summed E-state index contributed by atoms with van der Waals surface area (Å²) in [5.41, 5.74) is 1.05. The number of anilines is 1. The quantitative estimate of drug-likeness (QED) is 0.835. The molecule has 0 unspecified atom stereocenters. The predicted octanol–water partition coefficient (Wildman–Crippen LogP) is 3.88. The van der Waals surface area contributed by atoms with Gasteiger partial charge in [-0.25, -0.2) is 0 Å². The summed E-state index contributed by atoms with van der Waals surface area (Å²) in [4.78, 5) is 24.3. The van der Waals surface area contributed by atoms with Gasteiger partial charge in [-0.3, -0.25) is 9.59 Å². The number of para-hydroxylation sites is 1. The number of carbonyl (C=O) groups excluding carboxylic acids is 2. The van der Waals surface area contributed by atoms with E-state index in [1.807, 2.05) is 0 Å². The zero-order valence-corrected chi connectivity index (χ0v) is 13.4. The largest absolute Gasteiger partial charge is 0.323 e. The highest BCUT2D eigenvalue weighted by Gasteiger charge is 2.26. The van der Waals surface area contributed by atoms with Crippen LogP contribution in [0.4, 0.5) is 5.69 Å². The molecule has 0 aliphatic carbocycles. The first-order valence-electron chi connectivity index (χ1n) is 6.73. The number of hydrogen-bond acceptors (Lipinski definition) is 3. The van der Waals surface area contributed by atoms with Gasteiger partial charge in [0.15, 0.2) is 11.7 Å². The molecule has 6 heteroatoms. The number of halogens is 2. The van der Waals surface area contributed by atoms with Gasteiger partial charge in [0.05, 0.1) is 16.8 Å². The third-order valence-electron chi connectivity index (χ3n) is 3.14. The number of Topliss-reactive ketones (excluding diaryl/α,β-unsaturated/α-hetero) is 1. The number of nitriles is 1. The van der Waals surface area contributed by atoms with Crippen LogP contribution >= 0.6 is 23.2 Å². The summed E-state index contributed by atoms with van der Waals surface area (Å²) in [6.45, 7) is 0. The molecule has 0 aromatic heterocycles. The van der Waals surface area contributed by atoms with Crippen LogP contribution in [0, 0.1) is 17.2 Å². The van der Waals surface area contributed by atoms with Gasteiger partial charge in [0, 0.05) is 11.4 Å². The first-order chi connectivity index (χ1) is 11.0. The van der Waals surface area contributed by atoms with Crippen LogP contribution < -0.4 is 5.32 Å². The van der Waals surface area contributed by atoms with Gasteiger partial charge >= 0.3 is 0 Å². The molecule has 0 aliphatic heterocycles. The summed E-state index contributed by atoms with van der Waals surface area (Å²) >= 11 is 11.7. The lowest BCUT2D eigenvalue weighted by atomic mass is 9.98. The molecule has 1 N–H and O–H groups in total. The normalized spacial score (nSPS) is 11.3. The zero-order chi connectivity index (χ0) is 16.8. The Labute approximate surface area is 143 Å². The third kappa shape index (κ3) is 4.56. The van der Waals surface area contributed by atoms with Gasteiger partial charge in [0.25, 0.3) is 0 Å². The molecule has 1 amide bonds. The van der Waals surface area contributed by atoms with Gasteiger partial charge in [0.2, 0.25) is 5.91 Å². The van der Waals surface area contributed by atoms with Crippen LogP contribution in [0.1, 0.15) is 5.56 Å². The van der Waals surface area contributed by atoms with Crippen molar-refractivity contribution >= 4 is 40.6 Å². The number of ketones is 1. The van der Waals surface area contributed by atoms with E-state index < -0.39 is 17.6 Å². The fourth-order valence-corrected chi connectivity index (χ4v) is 2.26. The molecule has 0 saturated carbocycles. The van der Waals surface area contributed by atoms with Gasteiger partial charge in [0.1, 0.15) is 0 Å². The van der Waals surface area contributed by atoms with E-state index in [1.165, 1.54) is 0 Å². The second-order valence-corrected chi connectivity index (χ2v) is 5.64. The maximum absolute atomic E-state index is 12.2. The van der Waals surface area contributed by atoms with Gasteiger partial charge in [-0.2, -0.15) is 5.26 Å². The van der Waals surface area contributed by atoms with E-state index in [2.05, 4.69) is 5.32 Å². The van der Waals surface area contributed by atoms with Crippen LogP contribution in [-0.4, -0.2) is 11.7 Å². The van der Waals surface area contributed by atoms with Gasteiger partial charge in [-0.1, -0.05) is 47.5 Å². The average molecular weight is 347 g/mol. The Hall–Kier alpha value is -2.35. The van der Waals surface area contributed by atoms with Crippen molar-refractivity contribution in [3.63, 3.8) is 0 Å². The summed E-state index contributed by atoms with van der Waals surface area (Å²) in [5.74, 6) is -2.58. The Morgan fingerprint density at radius 3 is 2.35 bits per heavy atom. The molecule has 0 fully saturated rings. The molecular weight excluding hydrogens is 335 g/mol. The molecular formula is C17H12Cl2N2O2. The van der Waals surface area contributed by atoms with Crippen molar-refractivity contribution in [3.05, 3.63) is 64.1 Å². The lowest BCUT2D eigenvalue weighted by molar-refractivity contribution is -0.128. The number of nitrogens with zero attached hydrogens (tertiary/aromatic N) is 1.